The largest absolute Gasteiger partial charge is 0.383 e. The average molecular weight is 572 g/mol. The predicted octanol–water partition coefficient (Wildman–Crippen LogP) is 5.15. The van der Waals surface area contributed by atoms with E-state index in [1.165, 1.54) is 9.31 Å². The number of hydrogen-bond donors (Lipinski definition) is 1. The van der Waals surface area contributed by atoms with Crippen LogP contribution in [0.25, 0.3) is 0 Å². The van der Waals surface area contributed by atoms with Gasteiger partial charge in [0.2, 0.25) is 0 Å². The van der Waals surface area contributed by atoms with E-state index in [1.807, 2.05) is 42.5 Å². The van der Waals surface area contributed by atoms with Crippen molar-refractivity contribution in [3.05, 3.63) is 106 Å². The van der Waals surface area contributed by atoms with Gasteiger partial charge in [-0.05, 0) is 47.5 Å². The van der Waals surface area contributed by atoms with Gasteiger partial charge in [-0.2, -0.15) is 22.8 Å². The molecule has 4 rings (SSSR count). The van der Waals surface area contributed by atoms with Crippen molar-refractivity contribution in [1.82, 2.24) is 9.31 Å². The molecular formula is C27H28Cl2N6O2S. The van der Waals surface area contributed by atoms with Gasteiger partial charge in [-0.15, -0.1) is 4.40 Å². The zero-order chi connectivity index (χ0) is 27.3. The summed E-state index contributed by atoms with van der Waals surface area (Å²) in [5, 5.41) is 7.45. The van der Waals surface area contributed by atoms with Crippen LogP contribution in [0, 0.1) is 0 Å². The van der Waals surface area contributed by atoms with E-state index in [2.05, 4.69) is 9.39 Å². The molecule has 38 heavy (non-hydrogen) atoms. The molecule has 0 amide bonds. The quantitative estimate of drug-likeness (QED) is 0.313. The van der Waals surface area contributed by atoms with Crippen LogP contribution >= 0.6 is 23.2 Å². The van der Waals surface area contributed by atoms with Gasteiger partial charge in [-0.3, -0.25) is 0 Å². The van der Waals surface area contributed by atoms with Crippen molar-refractivity contribution in [2.75, 3.05) is 19.6 Å². The van der Waals surface area contributed by atoms with Gasteiger partial charge in [0.25, 0.3) is 5.96 Å². The molecule has 198 valence electrons. The SMILES string of the molecule is CCN(CC)S(=O)(=O)/N=C(/N=C(\N)c1ccc(Cl)cc1)N1CC(c2ccccc2)C(c2ccc(Cl)cc2)=N1. The second kappa shape index (κ2) is 12.1. The summed E-state index contributed by atoms with van der Waals surface area (Å²) >= 11 is 12.1. The minimum atomic E-state index is -4.05. The lowest BCUT2D eigenvalue weighted by Crippen LogP contribution is -2.33. The van der Waals surface area contributed by atoms with Gasteiger partial charge in [0.05, 0.1) is 12.3 Å². The summed E-state index contributed by atoms with van der Waals surface area (Å²) < 4.78 is 31.7. The highest BCUT2D eigenvalue weighted by molar-refractivity contribution is 7.87. The van der Waals surface area contributed by atoms with Gasteiger partial charge in [-0.25, -0.2) is 5.01 Å². The lowest BCUT2D eigenvalue weighted by atomic mass is 9.91. The summed E-state index contributed by atoms with van der Waals surface area (Å²) in [5.41, 5.74) is 9.49. The Bertz CT molecular complexity index is 1450. The Morgan fingerprint density at radius 3 is 2.13 bits per heavy atom. The van der Waals surface area contributed by atoms with E-state index in [9.17, 15) is 8.42 Å². The first-order valence-corrected chi connectivity index (χ1v) is 14.2. The standard InChI is InChI=1S/C27H28Cl2N6O2S/c1-3-34(4-2)38(36,37)33-27(31-26(30)21-12-16-23(29)17-13-21)35-18-24(19-8-6-5-7-9-19)25(32-35)20-10-14-22(28)15-11-20/h5-17,24H,3-4,18H2,1-2H3,(H2,30,31,33). The third-order valence-corrected chi connectivity index (χ3v) is 8.14. The second-order valence-corrected chi connectivity index (χ2v) is 11.0. The maximum Gasteiger partial charge on any atom is 0.325 e. The molecule has 0 radical (unpaired) electrons. The fourth-order valence-electron chi connectivity index (χ4n) is 4.08. The van der Waals surface area contributed by atoms with Gasteiger partial charge in [0.1, 0.15) is 5.84 Å². The minimum absolute atomic E-state index is 0.0848. The van der Waals surface area contributed by atoms with Crippen LogP contribution in [-0.2, 0) is 10.2 Å². The number of amidine groups is 1. The fraction of sp³-hybridized carbons (Fsp3) is 0.222. The van der Waals surface area contributed by atoms with Crippen LogP contribution in [0.4, 0.5) is 0 Å². The molecule has 0 aliphatic carbocycles. The van der Waals surface area contributed by atoms with E-state index in [-0.39, 0.29) is 30.8 Å². The first-order chi connectivity index (χ1) is 18.2. The molecule has 1 unspecified atom stereocenters. The van der Waals surface area contributed by atoms with Crippen LogP contribution < -0.4 is 5.73 Å². The number of aliphatic imine (C=N–C) groups is 1. The van der Waals surface area contributed by atoms with Crippen molar-refractivity contribution >= 4 is 50.9 Å². The van der Waals surface area contributed by atoms with Crippen LogP contribution in [0.3, 0.4) is 0 Å². The summed E-state index contributed by atoms with van der Waals surface area (Å²) in [7, 11) is -4.05. The van der Waals surface area contributed by atoms with Crippen molar-refractivity contribution in [2.24, 2.45) is 20.2 Å². The van der Waals surface area contributed by atoms with E-state index in [0.29, 0.717) is 22.2 Å². The number of hydrazone groups is 1. The fourth-order valence-corrected chi connectivity index (χ4v) is 5.44. The van der Waals surface area contributed by atoms with Crippen LogP contribution in [-0.4, -0.2) is 54.9 Å². The minimum Gasteiger partial charge on any atom is -0.383 e. The predicted molar refractivity (Wildman–Crippen MR) is 155 cm³/mol. The van der Waals surface area contributed by atoms with Gasteiger partial charge >= 0.3 is 10.2 Å². The highest BCUT2D eigenvalue weighted by Crippen LogP contribution is 2.30. The van der Waals surface area contributed by atoms with E-state index >= 15 is 0 Å². The molecule has 11 heteroatoms. The number of nitrogens with two attached hydrogens (primary N) is 1. The molecule has 3 aromatic rings. The van der Waals surface area contributed by atoms with Crippen LogP contribution in [0.15, 0.2) is 93.4 Å². The molecule has 3 aromatic carbocycles. The molecule has 0 saturated carbocycles. The third kappa shape index (κ3) is 6.42. The van der Waals surface area contributed by atoms with Crippen LogP contribution in [0.5, 0.6) is 0 Å². The lowest BCUT2D eigenvalue weighted by molar-refractivity contribution is 0.441. The topological polar surface area (TPSA) is 104 Å². The molecule has 0 saturated heterocycles. The Morgan fingerprint density at radius 1 is 0.974 bits per heavy atom. The molecule has 0 bridgehead atoms. The van der Waals surface area contributed by atoms with Crippen molar-refractivity contribution in [3.8, 4) is 0 Å². The number of nitrogens with zero attached hydrogens (tertiary/aromatic N) is 5. The average Bonchev–Trinajstić information content (AvgIpc) is 3.35. The van der Waals surface area contributed by atoms with Crippen LogP contribution in [0.1, 0.15) is 36.5 Å². The molecule has 8 nitrogen and oxygen atoms in total. The molecule has 1 atom stereocenters. The molecule has 1 heterocycles. The van der Waals surface area contributed by atoms with Gasteiger partial charge < -0.3 is 5.73 Å². The van der Waals surface area contributed by atoms with Gasteiger partial charge in [0, 0.05) is 34.6 Å². The third-order valence-electron chi connectivity index (χ3n) is 6.08. The number of guanidine groups is 1. The van der Waals surface area contributed by atoms with Crippen molar-refractivity contribution in [1.29, 1.82) is 0 Å². The summed E-state index contributed by atoms with van der Waals surface area (Å²) in [6, 6.07) is 24.0. The Labute approximate surface area is 233 Å². The number of benzene rings is 3. The second-order valence-electron chi connectivity index (χ2n) is 8.49. The van der Waals surface area contributed by atoms with Crippen molar-refractivity contribution in [2.45, 2.75) is 19.8 Å². The van der Waals surface area contributed by atoms with Crippen molar-refractivity contribution in [3.63, 3.8) is 0 Å². The molecule has 0 aromatic heterocycles. The smallest absolute Gasteiger partial charge is 0.325 e. The van der Waals surface area contributed by atoms with E-state index < -0.39 is 10.2 Å². The maximum absolute atomic E-state index is 13.2. The first kappa shape index (κ1) is 27.8. The van der Waals surface area contributed by atoms with Crippen LogP contribution in [0.2, 0.25) is 10.0 Å². The summed E-state index contributed by atoms with van der Waals surface area (Å²) in [6.07, 6.45) is 0. The highest BCUT2D eigenvalue weighted by Gasteiger charge is 2.33. The van der Waals surface area contributed by atoms with Gasteiger partial charge in [0.15, 0.2) is 0 Å². The zero-order valence-corrected chi connectivity index (χ0v) is 23.3. The summed E-state index contributed by atoms with van der Waals surface area (Å²) in [4.78, 5) is 4.46. The number of halogens is 2. The van der Waals surface area contributed by atoms with E-state index in [1.54, 1.807) is 50.2 Å². The molecule has 2 N–H and O–H groups in total. The Balaban J connectivity index is 1.84. The maximum atomic E-state index is 13.2. The Morgan fingerprint density at radius 2 is 1.55 bits per heavy atom. The molecule has 1 aliphatic heterocycles. The molecular weight excluding hydrogens is 543 g/mol. The van der Waals surface area contributed by atoms with E-state index in [4.69, 9.17) is 34.0 Å². The number of rotatable bonds is 7. The summed E-state index contributed by atoms with van der Waals surface area (Å²) in [6.45, 7) is 4.33. The molecule has 0 spiro atoms. The monoisotopic (exact) mass is 570 g/mol. The number of hydrogen-bond acceptors (Lipinski definition) is 3. The molecule has 0 fully saturated rings. The Kier molecular flexibility index (Phi) is 8.83. The first-order valence-electron chi connectivity index (χ1n) is 12.1. The molecule has 1 aliphatic rings. The van der Waals surface area contributed by atoms with E-state index in [0.717, 1.165) is 16.8 Å². The zero-order valence-electron chi connectivity index (χ0n) is 21.0. The highest BCUT2D eigenvalue weighted by atomic mass is 35.5. The Hall–Kier alpha value is -3.24. The van der Waals surface area contributed by atoms with Crippen molar-refractivity contribution < 1.29 is 8.42 Å². The normalized spacial score (nSPS) is 16.7. The lowest BCUT2D eigenvalue weighted by Gasteiger charge is -2.19. The van der Waals surface area contributed by atoms with Gasteiger partial charge in [-0.1, -0.05) is 79.5 Å². The summed E-state index contributed by atoms with van der Waals surface area (Å²) in [5.74, 6) is -0.221.